The van der Waals surface area contributed by atoms with E-state index in [9.17, 15) is 4.79 Å². The van der Waals surface area contributed by atoms with Gasteiger partial charge in [0.05, 0.1) is 12.7 Å². The summed E-state index contributed by atoms with van der Waals surface area (Å²) >= 11 is 0. The maximum Gasteiger partial charge on any atom is 0.153 e. The molecule has 0 unspecified atom stereocenters. The van der Waals surface area contributed by atoms with Crippen LogP contribution in [0.25, 0.3) is 0 Å². The number of methoxy groups -OCH3 is 1. The Kier molecular flexibility index (Phi) is 4.58. The van der Waals surface area contributed by atoms with Crippen LogP contribution in [-0.4, -0.2) is 20.0 Å². The standard InChI is InChI=1S/C13H16O3/c1-4-10(2)9-16-13-7-12(15-3)6-5-11(13)8-14/h5-8H,2,4,9H2,1,3H3. The van der Waals surface area contributed by atoms with Crippen LogP contribution < -0.4 is 9.47 Å². The van der Waals surface area contributed by atoms with Gasteiger partial charge in [0.15, 0.2) is 6.29 Å². The van der Waals surface area contributed by atoms with Gasteiger partial charge in [-0.1, -0.05) is 13.5 Å². The van der Waals surface area contributed by atoms with Gasteiger partial charge in [-0.3, -0.25) is 4.79 Å². The maximum atomic E-state index is 10.8. The SMILES string of the molecule is C=C(CC)COc1cc(OC)ccc1C=O. The fraction of sp³-hybridized carbons (Fsp3) is 0.308. The highest BCUT2D eigenvalue weighted by molar-refractivity contribution is 5.79. The molecule has 0 spiro atoms. The molecule has 86 valence electrons. The molecule has 1 aromatic carbocycles. The number of carbonyl (C=O) groups is 1. The van der Waals surface area contributed by atoms with Crippen LogP contribution in [0.1, 0.15) is 23.7 Å². The predicted molar refractivity (Wildman–Crippen MR) is 63.3 cm³/mol. The first-order valence-electron chi connectivity index (χ1n) is 5.14. The van der Waals surface area contributed by atoms with E-state index in [1.54, 1.807) is 25.3 Å². The van der Waals surface area contributed by atoms with Crippen molar-refractivity contribution < 1.29 is 14.3 Å². The van der Waals surface area contributed by atoms with Crippen molar-refractivity contribution in [3.63, 3.8) is 0 Å². The maximum absolute atomic E-state index is 10.8. The Morgan fingerprint density at radius 1 is 1.50 bits per heavy atom. The van der Waals surface area contributed by atoms with E-state index in [-0.39, 0.29) is 0 Å². The molecule has 0 aliphatic carbocycles. The molecule has 0 aliphatic heterocycles. The van der Waals surface area contributed by atoms with E-state index in [0.29, 0.717) is 23.7 Å². The lowest BCUT2D eigenvalue weighted by molar-refractivity contribution is 0.112. The monoisotopic (exact) mass is 220 g/mol. The van der Waals surface area contributed by atoms with Crippen LogP contribution in [0.15, 0.2) is 30.4 Å². The average Bonchev–Trinajstić information content (AvgIpc) is 2.35. The largest absolute Gasteiger partial charge is 0.497 e. The van der Waals surface area contributed by atoms with Gasteiger partial charge in [-0.2, -0.15) is 0 Å². The summed E-state index contributed by atoms with van der Waals surface area (Å²) in [5.41, 5.74) is 1.50. The van der Waals surface area contributed by atoms with Crippen molar-refractivity contribution in [1.29, 1.82) is 0 Å². The van der Waals surface area contributed by atoms with Crippen LogP contribution in [0.2, 0.25) is 0 Å². The fourth-order valence-corrected chi connectivity index (χ4v) is 1.15. The summed E-state index contributed by atoms with van der Waals surface area (Å²) in [6.07, 6.45) is 1.63. The Bertz CT molecular complexity index is 383. The molecule has 0 atom stereocenters. The van der Waals surface area contributed by atoms with Crippen molar-refractivity contribution in [3.05, 3.63) is 35.9 Å². The van der Waals surface area contributed by atoms with E-state index in [2.05, 4.69) is 6.58 Å². The van der Waals surface area contributed by atoms with Gasteiger partial charge < -0.3 is 9.47 Å². The Labute approximate surface area is 95.7 Å². The summed E-state index contributed by atoms with van der Waals surface area (Å²) in [6, 6.07) is 5.10. The molecular weight excluding hydrogens is 204 g/mol. The third-order valence-corrected chi connectivity index (χ3v) is 2.28. The molecular formula is C13H16O3. The minimum atomic E-state index is 0.421. The Morgan fingerprint density at radius 2 is 2.25 bits per heavy atom. The zero-order chi connectivity index (χ0) is 12.0. The average molecular weight is 220 g/mol. The molecule has 0 saturated heterocycles. The van der Waals surface area contributed by atoms with Crippen molar-refractivity contribution in [2.45, 2.75) is 13.3 Å². The number of aldehydes is 1. The molecule has 0 heterocycles. The highest BCUT2D eigenvalue weighted by atomic mass is 16.5. The molecule has 0 aliphatic rings. The molecule has 16 heavy (non-hydrogen) atoms. The van der Waals surface area contributed by atoms with Crippen LogP contribution in [0.4, 0.5) is 0 Å². The molecule has 0 saturated carbocycles. The molecule has 0 radical (unpaired) electrons. The second-order valence-corrected chi connectivity index (χ2v) is 3.41. The minimum Gasteiger partial charge on any atom is -0.497 e. The lowest BCUT2D eigenvalue weighted by atomic mass is 10.2. The number of carbonyl (C=O) groups excluding carboxylic acids is 1. The second-order valence-electron chi connectivity index (χ2n) is 3.41. The molecule has 3 nitrogen and oxygen atoms in total. The highest BCUT2D eigenvalue weighted by Gasteiger charge is 2.05. The number of hydrogen-bond donors (Lipinski definition) is 0. The summed E-state index contributed by atoms with van der Waals surface area (Å²) in [5.74, 6) is 1.20. The first-order chi connectivity index (χ1) is 7.71. The summed E-state index contributed by atoms with van der Waals surface area (Å²) in [5, 5.41) is 0. The predicted octanol–water partition coefficient (Wildman–Crippen LogP) is 2.85. The van der Waals surface area contributed by atoms with Gasteiger partial charge in [-0.25, -0.2) is 0 Å². The van der Waals surface area contributed by atoms with Gasteiger partial charge in [0, 0.05) is 6.07 Å². The van der Waals surface area contributed by atoms with E-state index in [0.717, 1.165) is 18.3 Å². The Balaban J connectivity index is 2.82. The number of rotatable bonds is 6. The normalized spacial score (nSPS) is 9.62. The quantitative estimate of drug-likeness (QED) is 0.546. The third-order valence-electron chi connectivity index (χ3n) is 2.28. The van der Waals surface area contributed by atoms with Crippen molar-refractivity contribution in [2.24, 2.45) is 0 Å². The molecule has 0 bridgehead atoms. The van der Waals surface area contributed by atoms with Crippen molar-refractivity contribution >= 4 is 6.29 Å². The van der Waals surface area contributed by atoms with Crippen molar-refractivity contribution in [1.82, 2.24) is 0 Å². The lowest BCUT2D eigenvalue weighted by Gasteiger charge is -2.10. The van der Waals surface area contributed by atoms with Gasteiger partial charge in [-0.05, 0) is 24.1 Å². The van der Waals surface area contributed by atoms with Crippen LogP contribution in [0.5, 0.6) is 11.5 Å². The first kappa shape index (κ1) is 12.3. The topological polar surface area (TPSA) is 35.5 Å². The van der Waals surface area contributed by atoms with Crippen LogP contribution in [0, 0.1) is 0 Å². The summed E-state index contributed by atoms with van der Waals surface area (Å²) in [7, 11) is 1.57. The third kappa shape index (κ3) is 3.12. The summed E-state index contributed by atoms with van der Waals surface area (Å²) < 4.78 is 10.6. The molecule has 0 amide bonds. The van der Waals surface area contributed by atoms with E-state index < -0.39 is 0 Å². The van der Waals surface area contributed by atoms with Gasteiger partial charge in [0.25, 0.3) is 0 Å². The molecule has 0 fully saturated rings. The minimum absolute atomic E-state index is 0.421. The lowest BCUT2D eigenvalue weighted by Crippen LogP contribution is -2.02. The molecule has 0 N–H and O–H groups in total. The Morgan fingerprint density at radius 3 is 2.81 bits per heavy atom. The molecule has 3 heteroatoms. The van der Waals surface area contributed by atoms with Crippen LogP contribution >= 0.6 is 0 Å². The molecule has 1 rings (SSSR count). The van der Waals surface area contributed by atoms with Crippen molar-refractivity contribution in [3.8, 4) is 11.5 Å². The number of benzene rings is 1. The molecule has 0 aromatic heterocycles. The van der Waals surface area contributed by atoms with E-state index in [4.69, 9.17) is 9.47 Å². The highest BCUT2D eigenvalue weighted by Crippen LogP contribution is 2.24. The van der Waals surface area contributed by atoms with Gasteiger partial charge in [-0.15, -0.1) is 0 Å². The first-order valence-corrected chi connectivity index (χ1v) is 5.14. The van der Waals surface area contributed by atoms with Crippen LogP contribution in [0.3, 0.4) is 0 Å². The molecule has 1 aromatic rings. The van der Waals surface area contributed by atoms with Crippen molar-refractivity contribution in [2.75, 3.05) is 13.7 Å². The number of ether oxygens (including phenoxy) is 2. The summed E-state index contributed by atoms with van der Waals surface area (Å²) in [4.78, 5) is 10.8. The zero-order valence-electron chi connectivity index (χ0n) is 9.66. The van der Waals surface area contributed by atoms with Gasteiger partial charge >= 0.3 is 0 Å². The van der Waals surface area contributed by atoms with Crippen LogP contribution in [-0.2, 0) is 0 Å². The van der Waals surface area contributed by atoms with E-state index >= 15 is 0 Å². The van der Waals surface area contributed by atoms with Gasteiger partial charge in [0.1, 0.15) is 18.1 Å². The van der Waals surface area contributed by atoms with Gasteiger partial charge in [0.2, 0.25) is 0 Å². The smallest absolute Gasteiger partial charge is 0.153 e. The van der Waals surface area contributed by atoms with E-state index in [1.807, 2.05) is 6.92 Å². The van der Waals surface area contributed by atoms with E-state index in [1.165, 1.54) is 0 Å². The second kappa shape index (κ2) is 5.95. The Hall–Kier alpha value is -1.77. The zero-order valence-corrected chi connectivity index (χ0v) is 9.66. The summed E-state index contributed by atoms with van der Waals surface area (Å²) in [6.45, 7) is 6.27. The fourth-order valence-electron chi connectivity index (χ4n) is 1.15. The number of hydrogen-bond acceptors (Lipinski definition) is 3.